The molecule has 0 atom stereocenters. The van der Waals surface area contributed by atoms with Gasteiger partial charge in [-0.05, 0) is 6.07 Å². The lowest BCUT2D eigenvalue weighted by Gasteiger charge is -2.30. The van der Waals surface area contributed by atoms with E-state index in [1.54, 1.807) is 17.3 Å². The Morgan fingerprint density at radius 2 is 2.03 bits per heavy atom. The van der Waals surface area contributed by atoms with Crippen LogP contribution < -0.4 is 5.32 Å². The average molecular weight is 520 g/mol. The van der Waals surface area contributed by atoms with Crippen molar-refractivity contribution in [1.29, 1.82) is 0 Å². The average Bonchev–Trinajstić information content (AvgIpc) is 3.48. The summed E-state index contributed by atoms with van der Waals surface area (Å²) in [6.45, 7) is 0.963. The molecule has 0 saturated carbocycles. The van der Waals surface area contributed by atoms with Crippen LogP contribution in [0.4, 0.5) is 14.5 Å². The lowest BCUT2D eigenvalue weighted by Crippen LogP contribution is -2.39. The van der Waals surface area contributed by atoms with Gasteiger partial charge in [0.2, 0.25) is 5.91 Å². The first kappa shape index (κ1) is 23.2. The van der Waals surface area contributed by atoms with E-state index >= 15 is 0 Å². The van der Waals surface area contributed by atoms with E-state index < -0.39 is 12.3 Å². The molecule has 9 nitrogen and oxygen atoms in total. The van der Waals surface area contributed by atoms with Crippen LogP contribution >= 0.6 is 23.2 Å². The Hall–Kier alpha value is -3.57. The minimum absolute atomic E-state index is 0.0807. The van der Waals surface area contributed by atoms with E-state index in [4.69, 9.17) is 23.2 Å². The largest absolute Gasteiger partial charge is 0.339 e. The summed E-state index contributed by atoms with van der Waals surface area (Å²) in [7, 11) is 0. The number of hydrogen-bond acceptors (Lipinski definition) is 5. The van der Waals surface area contributed by atoms with Gasteiger partial charge in [-0.3, -0.25) is 24.7 Å². The summed E-state index contributed by atoms with van der Waals surface area (Å²) in [5, 5.41) is 9.76. The highest BCUT2D eigenvalue weighted by Gasteiger charge is 2.31. The molecule has 0 bridgehead atoms. The van der Waals surface area contributed by atoms with Crippen molar-refractivity contribution >= 4 is 51.6 Å². The van der Waals surface area contributed by atoms with E-state index in [1.807, 2.05) is 4.57 Å². The number of benzene rings is 1. The smallest absolute Gasteiger partial charge is 0.315 e. The zero-order chi connectivity index (χ0) is 24.7. The van der Waals surface area contributed by atoms with Crippen LogP contribution in [0.15, 0.2) is 37.1 Å². The predicted octanol–water partition coefficient (Wildman–Crippen LogP) is 3.92. The molecule has 13 heteroatoms. The number of nitrogens with one attached hydrogen (secondary N) is 2. The maximum Gasteiger partial charge on any atom is 0.315 e. The summed E-state index contributed by atoms with van der Waals surface area (Å²) in [5.74, 6) is -1.61. The highest BCUT2D eigenvalue weighted by atomic mass is 35.5. The van der Waals surface area contributed by atoms with Crippen LogP contribution in [0, 0.1) is 0 Å². The summed E-state index contributed by atoms with van der Waals surface area (Å²) in [6.07, 6.45) is 4.66. The van der Waals surface area contributed by atoms with Crippen LogP contribution in [-0.2, 0) is 29.1 Å². The molecule has 5 rings (SSSR count). The Labute approximate surface area is 207 Å². The second-order valence-corrected chi connectivity index (χ2v) is 8.67. The van der Waals surface area contributed by atoms with Gasteiger partial charge in [-0.1, -0.05) is 23.2 Å². The van der Waals surface area contributed by atoms with E-state index in [0.717, 1.165) is 0 Å². The molecule has 0 unspecified atom stereocenters. The summed E-state index contributed by atoms with van der Waals surface area (Å²) < 4.78 is 28.0. The van der Waals surface area contributed by atoms with E-state index in [1.165, 1.54) is 24.7 Å². The monoisotopic (exact) mass is 519 g/mol. The number of alkyl halides is 2. The van der Waals surface area contributed by atoms with E-state index in [0.29, 0.717) is 46.5 Å². The third kappa shape index (κ3) is 4.21. The number of aromatic nitrogens is 5. The fraction of sp³-hybridized carbons (Fsp3) is 0.227. The fourth-order valence-corrected chi connectivity index (χ4v) is 4.76. The maximum absolute atomic E-state index is 13.1. The van der Waals surface area contributed by atoms with Crippen molar-refractivity contribution in [3.8, 4) is 11.1 Å². The molecular weight excluding hydrogens is 503 g/mol. The third-order valence-corrected chi connectivity index (χ3v) is 6.59. The third-order valence-electron chi connectivity index (χ3n) is 5.81. The number of hydrogen-bond donors (Lipinski definition) is 2. The maximum atomic E-state index is 13.1. The Morgan fingerprint density at radius 3 is 2.71 bits per heavy atom. The minimum atomic E-state index is -3.22. The van der Waals surface area contributed by atoms with Crippen LogP contribution in [0.3, 0.4) is 0 Å². The summed E-state index contributed by atoms with van der Waals surface area (Å²) in [4.78, 5) is 34.8. The summed E-state index contributed by atoms with van der Waals surface area (Å²) in [5.41, 5.74) is 3.07. The first-order valence-corrected chi connectivity index (χ1v) is 11.2. The van der Waals surface area contributed by atoms with Crippen LogP contribution in [-0.4, -0.2) is 54.4 Å². The quantitative estimate of drug-likeness (QED) is 0.415. The number of aromatic amines is 1. The van der Waals surface area contributed by atoms with Gasteiger partial charge in [0.05, 0.1) is 46.1 Å². The van der Waals surface area contributed by atoms with Crippen molar-refractivity contribution < 1.29 is 18.4 Å². The first-order chi connectivity index (χ1) is 16.8. The molecule has 1 aliphatic rings. The Bertz CT molecular complexity index is 1430. The zero-order valence-corrected chi connectivity index (χ0v) is 19.4. The van der Waals surface area contributed by atoms with Crippen molar-refractivity contribution in [1.82, 2.24) is 29.6 Å². The number of carbonyl (C=O) groups excluding carboxylic acids is 2. The van der Waals surface area contributed by atoms with E-state index in [9.17, 15) is 18.4 Å². The molecule has 1 aromatic carbocycles. The van der Waals surface area contributed by atoms with E-state index in [2.05, 4.69) is 25.5 Å². The van der Waals surface area contributed by atoms with Crippen LogP contribution in [0.2, 0.25) is 10.0 Å². The molecule has 4 aromatic rings. The molecule has 0 saturated heterocycles. The van der Waals surface area contributed by atoms with Crippen molar-refractivity contribution in [2.24, 2.45) is 0 Å². The topological polar surface area (TPSA) is 109 Å². The van der Waals surface area contributed by atoms with Crippen molar-refractivity contribution in [2.45, 2.75) is 25.9 Å². The van der Waals surface area contributed by atoms with Gasteiger partial charge in [-0.2, -0.15) is 13.9 Å². The zero-order valence-electron chi connectivity index (χ0n) is 17.9. The van der Waals surface area contributed by atoms with Crippen LogP contribution in [0.25, 0.3) is 22.0 Å². The van der Waals surface area contributed by atoms with Gasteiger partial charge < -0.3 is 14.8 Å². The molecule has 1 aliphatic heterocycles. The van der Waals surface area contributed by atoms with Crippen molar-refractivity contribution in [3.63, 3.8) is 0 Å². The molecule has 4 heterocycles. The van der Waals surface area contributed by atoms with Crippen LogP contribution in [0.5, 0.6) is 0 Å². The van der Waals surface area contributed by atoms with Crippen molar-refractivity contribution in [3.05, 3.63) is 58.5 Å². The summed E-state index contributed by atoms with van der Waals surface area (Å²) in [6, 6.07) is 1.35. The Kier molecular flexibility index (Phi) is 6.12. The van der Waals surface area contributed by atoms with Gasteiger partial charge in [-0.25, -0.2) is 0 Å². The number of H-pyrrole nitrogens is 1. The number of anilines is 1. The molecule has 2 amide bonds. The molecular formula is C22H17Cl2F2N7O2. The molecule has 0 fully saturated rings. The number of nitrogens with zero attached hydrogens (tertiary/aromatic N) is 5. The SMILES string of the molecule is O=C(Nc1cc(Cl)c(Cl)c2c1c(-c1cn[nH]c1)c1n2CCN(C(=O)Cc2cnccn2)C1)C(F)F. The van der Waals surface area contributed by atoms with Gasteiger partial charge in [0.1, 0.15) is 0 Å². The molecule has 180 valence electrons. The highest BCUT2D eigenvalue weighted by Crippen LogP contribution is 2.46. The predicted molar refractivity (Wildman–Crippen MR) is 125 cm³/mol. The molecule has 0 spiro atoms. The lowest BCUT2D eigenvalue weighted by atomic mass is 10.0. The summed E-state index contributed by atoms with van der Waals surface area (Å²) >= 11 is 12.9. The van der Waals surface area contributed by atoms with Gasteiger partial charge in [-0.15, -0.1) is 0 Å². The molecule has 0 aliphatic carbocycles. The second kappa shape index (κ2) is 9.23. The van der Waals surface area contributed by atoms with Gasteiger partial charge >= 0.3 is 6.43 Å². The standard InChI is InChI=1S/C22H17Cl2F2N7O2/c23-13-6-14(31-22(35)21(25)26)18-17(11-7-29-30-8-11)15-10-32(3-4-33(15)20(18)19(13)24)16(34)5-12-9-27-1-2-28-12/h1-2,6-9,21H,3-5,10H2,(H,29,30)(H,31,35). The first-order valence-electron chi connectivity index (χ1n) is 10.5. The Balaban J connectivity index is 1.64. The van der Waals surface area contributed by atoms with Crippen molar-refractivity contribution in [2.75, 3.05) is 11.9 Å². The molecule has 3 aromatic heterocycles. The number of halogens is 4. The van der Waals surface area contributed by atoms with Gasteiger partial charge in [0.15, 0.2) is 0 Å². The number of amides is 2. The van der Waals surface area contributed by atoms with E-state index in [-0.39, 0.29) is 34.6 Å². The normalized spacial score (nSPS) is 13.3. The number of rotatable bonds is 5. The number of fused-ring (bicyclic) bond motifs is 3. The van der Waals surface area contributed by atoms with Gasteiger partial charge in [0.25, 0.3) is 5.91 Å². The fourth-order valence-electron chi connectivity index (χ4n) is 4.31. The van der Waals surface area contributed by atoms with Crippen LogP contribution in [0.1, 0.15) is 11.4 Å². The molecule has 35 heavy (non-hydrogen) atoms. The van der Waals surface area contributed by atoms with Gasteiger partial charge in [0, 0.05) is 60.1 Å². The molecule has 0 radical (unpaired) electrons. The minimum Gasteiger partial charge on any atom is -0.339 e. The number of carbonyl (C=O) groups is 2. The lowest BCUT2D eigenvalue weighted by molar-refractivity contribution is -0.132. The Morgan fingerprint density at radius 1 is 1.20 bits per heavy atom. The molecule has 2 N–H and O–H groups in total. The second-order valence-electron chi connectivity index (χ2n) is 7.88. The highest BCUT2D eigenvalue weighted by molar-refractivity contribution is 6.46.